The summed E-state index contributed by atoms with van der Waals surface area (Å²) in [5, 5.41) is 23.2. The predicted molar refractivity (Wildman–Crippen MR) is 231 cm³/mol. The lowest BCUT2D eigenvalue weighted by molar-refractivity contribution is 0.0950. The summed E-state index contributed by atoms with van der Waals surface area (Å²) in [7, 11) is 3.07. The van der Waals surface area contributed by atoms with Gasteiger partial charge in [0.15, 0.2) is 33.4 Å². The molecule has 2 aromatic carbocycles. The molecule has 8 rings (SSSR count). The molecule has 0 saturated heterocycles. The van der Waals surface area contributed by atoms with Crippen LogP contribution in [0.2, 0.25) is 5.02 Å². The number of nitrogens with zero attached hydrogens (tertiary/aromatic N) is 4. The van der Waals surface area contributed by atoms with Crippen molar-refractivity contribution in [2.75, 3.05) is 37.8 Å². The number of benzene rings is 2. The van der Waals surface area contributed by atoms with Crippen molar-refractivity contribution < 1.29 is 28.2 Å². The van der Waals surface area contributed by atoms with Crippen molar-refractivity contribution in [2.24, 2.45) is 11.8 Å². The predicted octanol–water partition coefficient (Wildman–Crippen LogP) is 10.2. The van der Waals surface area contributed by atoms with Gasteiger partial charge < -0.3 is 31.1 Å². The zero-order chi connectivity index (χ0) is 41.7. The van der Waals surface area contributed by atoms with Gasteiger partial charge in [0, 0.05) is 74.9 Å². The van der Waals surface area contributed by atoms with Gasteiger partial charge in [-0.25, -0.2) is 18.7 Å². The Hall–Kier alpha value is -5.19. The molecule has 0 atom stereocenters. The summed E-state index contributed by atoms with van der Waals surface area (Å²) < 4.78 is 35.1. The SMILES string of the molecule is CNC(=O)c1cc(Cl)ccn1.CNC(=O)c1cc(Oc2cc3sc(NCC4CCCCC4)nc3cc2F)ccn1.Oc1cc2sc(NCC3CCCCC3)nc2cc1F. The van der Waals surface area contributed by atoms with Crippen LogP contribution in [0.15, 0.2) is 60.9 Å². The first-order chi connectivity index (χ1) is 28.6. The maximum absolute atomic E-state index is 14.5. The molecule has 2 amide bonds. The number of carbonyl (C=O) groups is 2. The molecular weight excluding hydrogens is 818 g/mol. The molecule has 0 aliphatic heterocycles. The van der Waals surface area contributed by atoms with E-state index in [1.807, 2.05) is 0 Å². The number of amides is 2. The van der Waals surface area contributed by atoms with Crippen molar-refractivity contribution in [3.8, 4) is 17.2 Å². The van der Waals surface area contributed by atoms with E-state index >= 15 is 0 Å². The second kappa shape index (κ2) is 21.2. The van der Waals surface area contributed by atoms with Crippen LogP contribution in [0.25, 0.3) is 20.4 Å². The van der Waals surface area contributed by atoms with E-state index in [9.17, 15) is 23.5 Å². The first-order valence-corrected chi connectivity index (χ1v) is 21.7. The van der Waals surface area contributed by atoms with Gasteiger partial charge >= 0.3 is 0 Å². The fraction of sp³-hybridized carbons (Fsp3) is 0.381. The smallest absolute Gasteiger partial charge is 0.269 e. The largest absolute Gasteiger partial charge is 0.505 e. The third-order valence-electron chi connectivity index (χ3n) is 10.0. The van der Waals surface area contributed by atoms with E-state index in [2.05, 4.69) is 41.2 Å². The van der Waals surface area contributed by atoms with Crippen molar-refractivity contribution in [3.63, 3.8) is 0 Å². The summed E-state index contributed by atoms with van der Waals surface area (Å²) in [6.07, 6.45) is 16.0. The van der Waals surface area contributed by atoms with E-state index in [1.165, 1.54) is 137 Å². The second-order valence-corrected chi connectivity index (χ2v) is 16.8. The molecule has 2 aliphatic carbocycles. The van der Waals surface area contributed by atoms with E-state index in [-0.39, 0.29) is 29.0 Å². The minimum Gasteiger partial charge on any atom is -0.505 e. The molecule has 2 aliphatic rings. The number of phenols is 1. The molecule has 6 aromatic rings. The number of phenolic OH excluding ortho intramolecular Hbond substituents is 1. The minimum atomic E-state index is -0.614. The molecule has 59 heavy (non-hydrogen) atoms. The van der Waals surface area contributed by atoms with Crippen LogP contribution in [-0.4, -0.2) is 64.0 Å². The van der Waals surface area contributed by atoms with E-state index in [1.54, 1.807) is 25.2 Å². The molecule has 2 saturated carbocycles. The maximum Gasteiger partial charge on any atom is 0.269 e. The zero-order valence-electron chi connectivity index (χ0n) is 32.8. The van der Waals surface area contributed by atoms with Gasteiger partial charge in [0.2, 0.25) is 0 Å². The Balaban J connectivity index is 0.000000166. The van der Waals surface area contributed by atoms with Crippen LogP contribution in [0, 0.1) is 23.5 Å². The number of carbonyl (C=O) groups excluding carboxylic acids is 2. The molecule has 0 unspecified atom stereocenters. The summed E-state index contributed by atoms with van der Waals surface area (Å²) in [5.74, 6) is -0.133. The van der Waals surface area contributed by atoms with Crippen LogP contribution in [0.5, 0.6) is 17.2 Å². The van der Waals surface area contributed by atoms with Gasteiger partial charge in [0.1, 0.15) is 17.1 Å². The zero-order valence-corrected chi connectivity index (χ0v) is 35.2. The van der Waals surface area contributed by atoms with Crippen molar-refractivity contribution in [3.05, 3.63) is 89.0 Å². The lowest BCUT2D eigenvalue weighted by Gasteiger charge is -2.21. The summed E-state index contributed by atoms with van der Waals surface area (Å²) in [4.78, 5) is 39.3. The van der Waals surface area contributed by atoms with Crippen molar-refractivity contribution in [1.82, 2.24) is 30.6 Å². The molecule has 0 spiro atoms. The van der Waals surface area contributed by atoms with Crippen LogP contribution >= 0.6 is 34.3 Å². The Bertz CT molecular complexity index is 2310. The Morgan fingerprint density at radius 1 is 0.729 bits per heavy atom. The fourth-order valence-corrected chi connectivity index (χ4v) is 8.78. The Morgan fingerprint density at radius 3 is 1.78 bits per heavy atom. The van der Waals surface area contributed by atoms with Crippen LogP contribution in [0.4, 0.5) is 19.0 Å². The topological polar surface area (TPSA) is 163 Å². The van der Waals surface area contributed by atoms with Gasteiger partial charge in [-0.1, -0.05) is 72.8 Å². The molecule has 5 N–H and O–H groups in total. The number of hydrogen-bond acceptors (Lipinski definition) is 12. The summed E-state index contributed by atoms with van der Waals surface area (Å²) in [5.41, 5.74) is 1.75. The van der Waals surface area contributed by atoms with Crippen molar-refractivity contribution in [1.29, 1.82) is 0 Å². The van der Waals surface area contributed by atoms with Crippen molar-refractivity contribution >= 4 is 76.8 Å². The summed E-state index contributed by atoms with van der Waals surface area (Å²) in [6, 6.07) is 11.9. The lowest BCUT2D eigenvalue weighted by Crippen LogP contribution is -2.18. The highest BCUT2D eigenvalue weighted by Crippen LogP contribution is 2.35. The number of pyridine rings is 2. The number of rotatable bonds is 10. The normalized spacial score (nSPS) is 14.4. The number of hydrogen-bond donors (Lipinski definition) is 5. The molecule has 0 radical (unpaired) electrons. The lowest BCUT2D eigenvalue weighted by atomic mass is 9.89. The summed E-state index contributed by atoms with van der Waals surface area (Å²) >= 11 is 8.57. The van der Waals surface area contributed by atoms with Gasteiger partial charge in [0.25, 0.3) is 11.8 Å². The number of nitrogens with one attached hydrogen (secondary N) is 4. The quantitative estimate of drug-likeness (QED) is 0.0896. The molecule has 0 bridgehead atoms. The Morgan fingerprint density at radius 2 is 1.24 bits per heavy atom. The monoisotopic (exact) mass is 864 g/mol. The Labute approximate surface area is 354 Å². The second-order valence-electron chi connectivity index (χ2n) is 14.3. The van der Waals surface area contributed by atoms with Gasteiger partial charge in [0.05, 0.1) is 20.4 Å². The average Bonchev–Trinajstić information content (AvgIpc) is 3.85. The number of ether oxygens (including phenoxy) is 1. The van der Waals surface area contributed by atoms with Gasteiger partial charge in [-0.3, -0.25) is 19.6 Å². The number of aromatic nitrogens is 4. The van der Waals surface area contributed by atoms with Gasteiger partial charge in [-0.15, -0.1) is 0 Å². The number of aromatic hydroxyl groups is 1. The number of anilines is 2. The highest BCUT2D eigenvalue weighted by atomic mass is 35.5. The molecule has 312 valence electrons. The van der Waals surface area contributed by atoms with E-state index in [4.69, 9.17) is 16.3 Å². The number of halogens is 3. The van der Waals surface area contributed by atoms with Crippen LogP contribution in [0.3, 0.4) is 0 Å². The Kier molecular flexibility index (Phi) is 15.6. The molecule has 4 aromatic heterocycles. The number of thiazole rings is 2. The van der Waals surface area contributed by atoms with Crippen LogP contribution < -0.4 is 26.0 Å². The minimum absolute atomic E-state index is 0.0917. The first-order valence-electron chi connectivity index (χ1n) is 19.6. The van der Waals surface area contributed by atoms with Crippen LogP contribution in [0.1, 0.15) is 85.2 Å². The highest BCUT2D eigenvalue weighted by Gasteiger charge is 2.17. The van der Waals surface area contributed by atoms with Crippen molar-refractivity contribution in [2.45, 2.75) is 64.2 Å². The molecule has 17 heteroatoms. The van der Waals surface area contributed by atoms with E-state index in [0.29, 0.717) is 33.4 Å². The first kappa shape index (κ1) is 43.4. The van der Waals surface area contributed by atoms with E-state index < -0.39 is 11.6 Å². The average molecular weight is 865 g/mol. The van der Waals surface area contributed by atoms with Crippen LogP contribution in [-0.2, 0) is 0 Å². The fourth-order valence-electron chi connectivity index (χ4n) is 6.85. The standard InChI is InChI=1S/C21H23FN4O2S.C14H17FN2OS.C7H7ClN2O/c1-23-20(27)17-9-14(7-8-24-17)28-18-11-19-16(10-15(18)22)26-21(29-19)25-12-13-5-3-2-4-6-13;15-10-6-11-13(7-12(10)18)19-14(17-11)16-8-9-4-2-1-3-5-9;1-9-7(11)6-4-5(8)2-3-10-6/h7-11,13H,2-6,12H2,1H3,(H,23,27)(H,25,26);6-7,9,18H,1-5,8H2,(H,16,17);2-4H,1H3,(H,9,11). The number of fused-ring (bicyclic) bond motifs is 2. The molecular formula is C42H47ClF2N8O4S2. The molecule has 2 fully saturated rings. The third kappa shape index (κ3) is 12.4. The molecule has 12 nitrogen and oxygen atoms in total. The van der Waals surface area contributed by atoms with Gasteiger partial charge in [-0.05, 0) is 55.7 Å². The molecule has 4 heterocycles. The third-order valence-corrected chi connectivity index (χ3v) is 12.2. The van der Waals surface area contributed by atoms with Gasteiger partial charge in [-0.2, -0.15) is 0 Å². The highest BCUT2D eigenvalue weighted by molar-refractivity contribution is 7.22. The maximum atomic E-state index is 14.5. The van der Waals surface area contributed by atoms with E-state index in [0.717, 1.165) is 38.7 Å². The summed E-state index contributed by atoms with van der Waals surface area (Å²) in [6.45, 7) is 1.85.